The molecule has 6 fully saturated rings. The average Bonchev–Trinajstić information content (AvgIpc) is 2.61. The van der Waals surface area contributed by atoms with Gasteiger partial charge >= 0.3 is 0 Å². The molecule has 6 unspecified atom stereocenters. The van der Waals surface area contributed by atoms with Crippen molar-refractivity contribution in [2.75, 3.05) is 11.5 Å². The molecule has 4 N–H and O–H groups in total. The van der Waals surface area contributed by atoms with Crippen LogP contribution in [0.3, 0.4) is 0 Å². The van der Waals surface area contributed by atoms with Gasteiger partial charge in [0.15, 0.2) is 0 Å². The van der Waals surface area contributed by atoms with E-state index in [4.69, 9.17) is 0 Å². The van der Waals surface area contributed by atoms with Crippen molar-refractivity contribution >= 4 is 21.6 Å². The van der Waals surface area contributed by atoms with E-state index in [0.717, 1.165) is 37.2 Å². The van der Waals surface area contributed by atoms with Crippen molar-refractivity contribution in [2.24, 2.45) is 34.5 Å². The van der Waals surface area contributed by atoms with Gasteiger partial charge in [-0.3, -0.25) is 0 Å². The Labute approximate surface area is 177 Å². The minimum absolute atomic E-state index is 0.139. The monoisotopic (exact) mass is 430 g/mol. The molecule has 28 heavy (non-hydrogen) atoms. The minimum atomic E-state index is -0.950. The van der Waals surface area contributed by atoms with Crippen LogP contribution in [0, 0.1) is 34.5 Å². The maximum absolute atomic E-state index is 11.2. The maximum atomic E-state index is 11.2. The molecule has 0 heterocycles. The summed E-state index contributed by atoms with van der Waals surface area (Å²) < 4.78 is 0. The second-order valence-electron chi connectivity index (χ2n) is 11.2. The van der Waals surface area contributed by atoms with Gasteiger partial charge in [-0.15, -0.1) is 0 Å². The molecule has 162 valence electrons. The lowest BCUT2D eigenvalue weighted by molar-refractivity contribution is -0.253. The number of aliphatic hydroxyl groups excluding tert-OH is 2. The zero-order valence-corrected chi connectivity index (χ0v) is 19.4. The van der Waals surface area contributed by atoms with Crippen LogP contribution in [0.5, 0.6) is 0 Å². The third-order valence-electron chi connectivity index (χ3n) is 9.57. The second kappa shape index (κ2) is 7.03. The predicted octanol–water partition coefficient (Wildman–Crippen LogP) is 3.46. The highest BCUT2D eigenvalue weighted by Crippen LogP contribution is 2.64. The predicted molar refractivity (Wildman–Crippen MR) is 116 cm³/mol. The topological polar surface area (TPSA) is 80.9 Å². The van der Waals surface area contributed by atoms with Gasteiger partial charge in [0.05, 0.1) is 23.4 Å². The normalized spacial score (nSPS) is 50.6. The quantitative estimate of drug-likeness (QED) is 0.366. The standard InChI is InChI=1S/C22H38O4S2/c1-19(2)13-9-15(19)21(25,17(23)11-13)5-7-27-28-8-6-22(26)16-10-14(12-18(22)24)20(16,3)4/h13-18,23-26H,5-12H2,1-4H3/t13?,14?,15?,16?,17?,18?,21-,22+. The number of aliphatic hydroxyl groups is 4. The Balaban J connectivity index is 1.22. The average molecular weight is 431 g/mol. The van der Waals surface area contributed by atoms with Gasteiger partial charge in [-0.1, -0.05) is 49.3 Å². The highest BCUT2D eigenvalue weighted by molar-refractivity contribution is 8.76. The van der Waals surface area contributed by atoms with E-state index in [1.54, 1.807) is 21.6 Å². The van der Waals surface area contributed by atoms with E-state index in [1.807, 2.05) is 0 Å². The number of hydrogen-bond donors (Lipinski definition) is 4. The molecule has 0 saturated heterocycles. The zero-order chi connectivity index (χ0) is 20.5. The van der Waals surface area contributed by atoms with E-state index in [0.29, 0.717) is 24.7 Å². The van der Waals surface area contributed by atoms with E-state index in [-0.39, 0.29) is 22.7 Å². The van der Waals surface area contributed by atoms with Crippen LogP contribution in [-0.4, -0.2) is 55.3 Å². The van der Waals surface area contributed by atoms with Crippen LogP contribution in [0.25, 0.3) is 0 Å². The zero-order valence-electron chi connectivity index (χ0n) is 17.7. The SMILES string of the molecule is CC1(C)C2CC(O)[C@](O)(CCSSCC[C@]3(O)C(O)CC4CC3C4(C)C)C1C2. The Morgan fingerprint density at radius 3 is 1.36 bits per heavy atom. The molecular formula is C22H38O4S2. The molecule has 0 aromatic carbocycles. The molecule has 4 bridgehead atoms. The molecule has 6 rings (SSSR count). The summed E-state index contributed by atoms with van der Waals surface area (Å²) in [4.78, 5) is 0. The van der Waals surface area contributed by atoms with Crippen molar-refractivity contribution in [1.82, 2.24) is 0 Å². The molecule has 6 heteroatoms. The van der Waals surface area contributed by atoms with Crippen LogP contribution in [0.4, 0.5) is 0 Å². The van der Waals surface area contributed by atoms with Gasteiger partial charge in [0.1, 0.15) is 0 Å². The lowest BCUT2D eigenvalue weighted by Crippen LogP contribution is -2.67. The molecule has 0 spiro atoms. The first-order chi connectivity index (χ1) is 12.9. The van der Waals surface area contributed by atoms with E-state index in [9.17, 15) is 20.4 Å². The summed E-state index contributed by atoms with van der Waals surface area (Å²) in [6.45, 7) is 8.92. The summed E-state index contributed by atoms with van der Waals surface area (Å²) in [5.41, 5.74) is -1.62. The molecule has 6 aliphatic carbocycles. The fraction of sp³-hybridized carbons (Fsp3) is 1.00. The Hall–Kier alpha value is 0.540. The summed E-state index contributed by atoms with van der Waals surface area (Å²) in [6, 6.07) is 0. The lowest BCUT2D eigenvalue weighted by atomic mass is 9.43. The molecule has 8 atom stereocenters. The third kappa shape index (κ3) is 3.03. The Kier molecular flexibility index (Phi) is 5.46. The molecule has 0 amide bonds. The van der Waals surface area contributed by atoms with Gasteiger partial charge in [-0.05, 0) is 73.0 Å². The highest BCUT2D eigenvalue weighted by Gasteiger charge is 2.65. The van der Waals surface area contributed by atoms with E-state index in [2.05, 4.69) is 27.7 Å². The Morgan fingerprint density at radius 2 is 1.04 bits per heavy atom. The van der Waals surface area contributed by atoms with Crippen molar-refractivity contribution in [3.05, 3.63) is 0 Å². The molecule has 0 aromatic heterocycles. The van der Waals surface area contributed by atoms with Gasteiger partial charge < -0.3 is 20.4 Å². The van der Waals surface area contributed by atoms with Crippen LogP contribution < -0.4 is 0 Å². The largest absolute Gasteiger partial charge is 0.390 e. The first kappa shape index (κ1) is 21.8. The molecule has 0 radical (unpaired) electrons. The van der Waals surface area contributed by atoms with Crippen LogP contribution in [0.2, 0.25) is 0 Å². The summed E-state index contributed by atoms with van der Waals surface area (Å²) >= 11 is 0. The summed E-state index contributed by atoms with van der Waals surface area (Å²) in [7, 11) is 3.44. The van der Waals surface area contributed by atoms with Gasteiger partial charge in [0.2, 0.25) is 0 Å². The van der Waals surface area contributed by atoms with Crippen molar-refractivity contribution in [3.8, 4) is 0 Å². The van der Waals surface area contributed by atoms with Gasteiger partial charge in [-0.25, -0.2) is 0 Å². The van der Waals surface area contributed by atoms with Gasteiger partial charge in [-0.2, -0.15) is 0 Å². The fourth-order valence-electron chi connectivity index (χ4n) is 7.15. The first-order valence-electron chi connectivity index (χ1n) is 11.0. The van der Waals surface area contributed by atoms with Crippen LogP contribution in [-0.2, 0) is 0 Å². The minimum Gasteiger partial charge on any atom is -0.390 e. The molecule has 0 aromatic rings. The molecular weight excluding hydrogens is 392 g/mol. The fourth-order valence-corrected chi connectivity index (χ4v) is 9.41. The molecule has 4 nitrogen and oxygen atoms in total. The van der Waals surface area contributed by atoms with E-state index in [1.165, 1.54) is 0 Å². The number of rotatable bonds is 7. The number of hydrogen-bond acceptors (Lipinski definition) is 6. The third-order valence-corrected chi connectivity index (χ3v) is 12.0. The first-order valence-corrected chi connectivity index (χ1v) is 13.5. The van der Waals surface area contributed by atoms with Gasteiger partial charge in [0.25, 0.3) is 0 Å². The Morgan fingerprint density at radius 1 is 0.679 bits per heavy atom. The maximum Gasteiger partial charge on any atom is 0.0946 e. The van der Waals surface area contributed by atoms with E-state index < -0.39 is 23.4 Å². The van der Waals surface area contributed by atoms with Gasteiger partial charge in [0, 0.05) is 11.5 Å². The van der Waals surface area contributed by atoms with Crippen molar-refractivity contribution < 1.29 is 20.4 Å². The van der Waals surface area contributed by atoms with E-state index >= 15 is 0 Å². The lowest BCUT2D eigenvalue weighted by Gasteiger charge is -2.65. The molecule has 6 saturated carbocycles. The summed E-state index contributed by atoms with van der Waals surface area (Å²) in [6.07, 6.45) is 3.59. The Bertz CT molecular complexity index is 559. The van der Waals surface area contributed by atoms with Crippen molar-refractivity contribution in [3.63, 3.8) is 0 Å². The van der Waals surface area contributed by atoms with Crippen LogP contribution in [0.15, 0.2) is 0 Å². The number of fused-ring (bicyclic) bond motifs is 4. The van der Waals surface area contributed by atoms with Crippen LogP contribution >= 0.6 is 21.6 Å². The summed E-state index contributed by atoms with van der Waals surface area (Å²) in [5, 5.41) is 43.2. The smallest absolute Gasteiger partial charge is 0.0946 e. The molecule has 6 aliphatic rings. The van der Waals surface area contributed by atoms with Crippen molar-refractivity contribution in [2.45, 2.75) is 89.6 Å². The molecule has 0 aliphatic heterocycles. The van der Waals surface area contributed by atoms with Crippen molar-refractivity contribution in [1.29, 1.82) is 0 Å². The highest BCUT2D eigenvalue weighted by atomic mass is 33.1. The second-order valence-corrected chi connectivity index (χ2v) is 13.9. The summed E-state index contributed by atoms with van der Waals surface area (Å²) in [5.74, 6) is 3.10. The van der Waals surface area contributed by atoms with Crippen LogP contribution in [0.1, 0.15) is 66.2 Å².